The van der Waals surface area contributed by atoms with Crippen LogP contribution in [0.25, 0.3) is 10.9 Å². The fraction of sp³-hybridized carbons (Fsp3) is 0.400. The molecule has 0 atom stereocenters. The van der Waals surface area contributed by atoms with Crippen LogP contribution in [0.3, 0.4) is 0 Å². The molecule has 1 N–H and O–H groups in total. The molecule has 0 saturated carbocycles. The summed E-state index contributed by atoms with van der Waals surface area (Å²) >= 11 is 0. The molecule has 0 aliphatic carbocycles. The Labute approximate surface area is 183 Å². The van der Waals surface area contributed by atoms with E-state index in [2.05, 4.69) is 28.1 Å². The average molecular weight is 423 g/mol. The van der Waals surface area contributed by atoms with Crippen LogP contribution >= 0.6 is 0 Å². The van der Waals surface area contributed by atoms with Gasteiger partial charge in [0.15, 0.2) is 0 Å². The molecule has 2 heterocycles. The summed E-state index contributed by atoms with van der Waals surface area (Å²) < 4.78 is 18.2. The number of nitrogens with zero attached hydrogens (tertiary/aromatic N) is 1. The number of ether oxygens (including phenoxy) is 3. The maximum absolute atomic E-state index is 13.1. The van der Waals surface area contributed by atoms with Crippen molar-refractivity contribution in [3.05, 3.63) is 65.9 Å². The monoisotopic (exact) mass is 422 g/mol. The van der Waals surface area contributed by atoms with E-state index in [1.54, 1.807) is 14.2 Å². The van der Waals surface area contributed by atoms with Gasteiger partial charge in [-0.3, -0.25) is 4.79 Å². The molecule has 1 saturated heterocycles. The molecule has 1 aromatic heterocycles. The van der Waals surface area contributed by atoms with Crippen LogP contribution in [0.1, 0.15) is 28.8 Å². The highest BCUT2D eigenvalue weighted by atomic mass is 16.5. The van der Waals surface area contributed by atoms with Crippen molar-refractivity contribution in [1.29, 1.82) is 0 Å². The van der Waals surface area contributed by atoms with Gasteiger partial charge in [0, 0.05) is 56.1 Å². The first kappa shape index (κ1) is 21.4. The molecule has 6 heteroatoms. The summed E-state index contributed by atoms with van der Waals surface area (Å²) in [6.07, 6.45) is 3.78. The summed E-state index contributed by atoms with van der Waals surface area (Å²) in [5, 5.41) is 4.31. The number of hydrogen-bond acceptors (Lipinski definition) is 4. The molecule has 1 aliphatic rings. The van der Waals surface area contributed by atoms with Gasteiger partial charge in [-0.1, -0.05) is 18.2 Å². The molecule has 2 aromatic carbocycles. The fourth-order valence-corrected chi connectivity index (χ4v) is 4.34. The second-order valence-electron chi connectivity index (χ2n) is 8.08. The SMILES string of the molecule is COCCn1ccc2ccc(C(=O)NCC3(c4ccc(OC)cc4)CCOCC3)cc21. The number of carbonyl (C=O) groups is 1. The van der Waals surface area contributed by atoms with Crippen molar-refractivity contribution in [3.63, 3.8) is 0 Å². The highest BCUT2D eigenvalue weighted by molar-refractivity contribution is 5.98. The number of amides is 1. The summed E-state index contributed by atoms with van der Waals surface area (Å²) in [5.41, 5.74) is 2.78. The van der Waals surface area contributed by atoms with Crippen molar-refractivity contribution in [2.45, 2.75) is 24.8 Å². The molecule has 0 bridgehead atoms. The van der Waals surface area contributed by atoms with E-state index in [-0.39, 0.29) is 11.3 Å². The summed E-state index contributed by atoms with van der Waals surface area (Å²) in [6.45, 7) is 3.35. The van der Waals surface area contributed by atoms with E-state index in [0.717, 1.165) is 36.0 Å². The van der Waals surface area contributed by atoms with Crippen LogP contribution < -0.4 is 10.1 Å². The minimum Gasteiger partial charge on any atom is -0.497 e. The predicted molar refractivity (Wildman–Crippen MR) is 121 cm³/mol. The van der Waals surface area contributed by atoms with Crippen LogP contribution in [-0.2, 0) is 21.4 Å². The first-order valence-corrected chi connectivity index (χ1v) is 10.7. The minimum absolute atomic E-state index is 0.0548. The summed E-state index contributed by atoms with van der Waals surface area (Å²) in [5.74, 6) is 0.778. The molecule has 6 nitrogen and oxygen atoms in total. The molecule has 31 heavy (non-hydrogen) atoms. The van der Waals surface area contributed by atoms with Gasteiger partial charge in [0.25, 0.3) is 5.91 Å². The van der Waals surface area contributed by atoms with Gasteiger partial charge < -0.3 is 24.1 Å². The van der Waals surface area contributed by atoms with E-state index in [1.807, 2.05) is 36.5 Å². The summed E-state index contributed by atoms with van der Waals surface area (Å²) in [7, 11) is 3.36. The Kier molecular flexibility index (Phi) is 6.59. The van der Waals surface area contributed by atoms with Gasteiger partial charge >= 0.3 is 0 Å². The molecule has 0 spiro atoms. The molecule has 0 radical (unpaired) electrons. The third-order valence-corrected chi connectivity index (χ3v) is 6.31. The lowest BCUT2D eigenvalue weighted by atomic mass is 9.74. The summed E-state index contributed by atoms with van der Waals surface area (Å²) in [6, 6.07) is 16.1. The number of fused-ring (bicyclic) bond motifs is 1. The van der Waals surface area contributed by atoms with Gasteiger partial charge in [0.2, 0.25) is 0 Å². The Morgan fingerprint density at radius 1 is 1.10 bits per heavy atom. The zero-order chi connectivity index (χ0) is 21.7. The molecule has 4 rings (SSSR count). The van der Waals surface area contributed by atoms with E-state index < -0.39 is 0 Å². The van der Waals surface area contributed by atoms with Crippen molar-refractivity contribution in [2.75, 3.05) is 40.6 Å². The fourth-order valence-electron chi connectivity index (χ4n) is 4.34. The Morgan fingerprint density at radius 2 is 1.87 bits per heavy atom. The zero-order valence-corrected chi connectivity index (χ0v) is 18.2. The highest BCUT2D eigenvalue weighted by Crippen LogP contribution is 2.35. The molecule has 1 fully saturated rings. The van der Waals surface area contributed by atoms with Gasteiger partial charge in [0.05, 0.1) is 13.7 Å². The van der Waals surface area contributed by atoms with E-state index in [1.165, 1.54) is 5.56 Å². The maximum Gasteiger partial charge on any atom is 0.251 e. The van der Waals surface area contributed by atoms with E-state index in [0.29, 0.717) is 31.9 Å². The van der Waals surface area contributed by atoms with Crippen LogP contribution in [0.4, 0.5) is 0 Å². The third-order valence-electron chi connectivity index (χ3n) is 6.31. The zero-order valence-electron chi connectivity index (χ0n) is 18.2. The van der Waals surface area contributed by atoms with Crippen molar-refractivity contribution >= 4 is 16.8 Å². The largest absolute Gasteiger partial charge is 0.497 e. The Balaban J connectivity index is 1.52. The van der Waals surface area contributed by atoms with Crippen LogP contribution in [0.5, 0.6) is 5.75 Å². The molecule has 3 aromatic rings. The number of carbonyl (C=O) groups excluding carboxylic acids is 1. The quantitative estimate of drug-likeness (QED) is 0.600. The third kappa shape index (κ3) is 4.60. The first-order valence-electron chi connectivity index (χ1n) is 10.7. The number of methoxy groups -OCH3 is 2. The lowest BCUT2D eigenvalue weighted by Crippen LogP contribution is -2.44. The van der Waals surface area contributed by atoms with Gasteiger partial charge in [-0.15, -0.1) is 0 Å². The van der Waals surface area contributed by atoms with Gasteiger partial charge in [-0.2, -0.15) is 0 Å². The lowest BCUT2D eigenvalue weighted by molar-refractivity contribution is 0.0487. The molecule has 1 amide bonds. The summed E-state index contributed by atoms with van der Waals surface area (Å²) in [4.78, 5) is 13.1. The van der Waals surface area contributed by atoms with Gasteiger partial charge in [-0.05, 0) is 54.1 Å². The first-order chi connectivity index (χ1) is 15.1. The van der Waals surface area contributed by atoms with Crippen molar-refractivity contribution in [3.8, 4) is 5.75 Å². The normalized spacial score (nSPS) is 15.7. The van der Waals surface area contributed by atoms with Gasteiger partial charge in [-0.25, -0.2) is 0 Å². The van der Waals surface area contributed by atoms with Crippen LogP contribution in [0, 0.1) is 0 Å². The second kappa shape index (κ2) is 9.54. The topological polar surface area (TPSA) is 61.7 Å². The standard InChI is InChI=1S/C25H30N2O4/c1-29-16-13-27-12-9-19-3-4-20(17-23(19)27)24(28)26-18-25(10-14-31-15-11-25)21-5-7-22(30-2)8-6-21/h3-9,12,17H,10-11,13-16,18H2,1-2H3,(H,26,28). The van der Waals surface area contributed by atoms with Crippen LogP contribution in [0.15, 0.2) is 54.7 Å². The predicted octanol–water partition coefficient (Wildman–Crippen LogP) is 3.77. The van der Waals surface area contributed by atoms with Crippen molar-refractivity contribution < 1.29 is 19.0 Å². The maximum atomic E-state index is 13.1. The molecule has 1 aliphatic heterocycles. The Bertz CT molecular complexity index is 1020. The highest BCUT2D eigenvalue weighted by Gasteiger charge is 2.35. The Morgan fingerprint density at radius 3 is 2.58 bits per heavy atom. The number of aromatic nitrogens is 1. The van der Waals surface area contributed by atoms with E-state index in [4.69, 9.17) is 14.2 Å². The number of rotatable bonds is 8. The smallest absolute Gasteiger partial charge is 0.251 e. The second-order valence-corrected chi connectivity index (χ2v) is 8.08. The number of nitrogens with one attached hydrogen (secondary N) is 1. The van der Waals surface area contributed by atoms with Crippen LogP contribution in [-0.4, -0.2) is 51.1 Å². The van der Waals surface area contributed by atoms with Crippen molar-refractivity contribution in [1.82, 2.24) is 9.88 Å². The van der Waals surface area contributed by atoms with Crippen LogP contribution in [0.2, 0.25) is 0 Å². The molecular weight excluding hydrogens is 392 g/mol. The Hall–Kier alpha value is -2.83. The molecule has 0 unspecified atom stereocenters. The van der Waals surface area contributed by atoms with E-state index >= 15 is 0 Å². The van der Waals surface area contributed by atoms with Gasteiger partial charge in [0.1, 0.15) is 5.75 Å². The van der Waals surface area contributed by atoms with E-state index in [9.17, 15) is 4.79 Å². The molecular formula is C25H30N2O4. The number of hydrogen-bond donors (Lipinski definition) is 1. The average Bonchev–Trinajstić information content (AvgIpc) is 3.24. The number of benzene rings is 2. The minimum atomic E-state index is -0.136. The molecule has 164 valence electrons. The lowest BCUT2D eigenvalue weighted by Gasteiger charge is -2.38. The van der Waals surface area contributed by atoms with Crippen molar-refractivity contribution in [2.24, 2.45) is 0 Å².